The first-order chi connectivity index (χ1) is 14.6. The van der Waals surface area contributed by atoms with Gasteiger partial charge in [0, 0.05) is 16.5 Å². The third kappa shape index (κ3) is 2.34. The normalized spacial score (nSPS) is 23.4. The van der Waals surface area contributed by atoms with Crippen LogP contribution in [-0.2, 0) is 10.5 Å². The number of anilines is 1. The molecule has 1 amide bonds. The van der Waals surface area contributed by atoms with Gasteiger partial charge < -0.3 is 10.1 Å². The number of carbonyl (C=O) groups excluding carboxylic acids is 1. The molecule has 0 fully saturated rings. The second-order valence-electron chi connectivity index (χ2n) is 7.91. The number of rotatable bonds is 1. The molecule has 0 radical (unpaired) electrons. The van der Waals surface area contributed by atoms with Gasteiger partial charge in [0.15, 0.2) is 0 Å². The van der Waals surface area contributed by atoms with E-state index in [1.54, 1.807) is 0 Å². The highest BCUT2D eigenvalue weighted by Gasteiger charge is 2.60. The number of hydrazone groups is 1. The zero-order chi connectivity index (χ0) is 20.5. The van der Waals surface area contributed by atoms with Crippen LogP contribution in [0.1, 0.15) is 34.7 Å². The van der Waals surface area contributed by atoms with Crippen molar-refractivity contribution in [2.45, 2.75) is 25.1 Å². The SMILES string of the molecule is Cc1ccc2c(c1)[C@@]1(Oc3ccc(Br)cc3[C@H]3CC(c4ccccc4)=NN31)C(=O)N2. The van der Waals surface area contributed by atoms with E-state index in [0.717, 1.165) is 38.1 Å². The van der Waals surface area contributed by atoms with Gasteiger partial charge in [-0.1, -0.05) is 57.9 Å². The van der Waals surface area contributed by atoms with E-state index in [-0.39, 0.29) is 11.9 Å². The third-order valence-electron chi connectivity index (χ3n) is 6.02. The first-order valence-electron chi connectivity index (χ1n) is 9.89. The fraction of sp³-hybridized carbons (Fsp3) is 0.167. The number of nitrogens with one attached hydrogen (secondary N) is 1. The molecule has 3 aliphatic rings. The largest absolute Gasteiger partial charge is 0.453 e. The summed E-state index contributed by atoms with van der Waals surface area (Å²) in [4.78, 5) is 13.4. The van der Waals surface area contributed by atoms with Crippen LogP contribution in [0.3, 0.4) is 0 Å². The molecule has 6 heteroatoms. The second-order valence-corrected chi connectivity index (χ2v) is 8.82. The van der Waals surface area contributed by atoms with Crippen LogP contribution in [0.25, 0.3) is 0 Å². The van der Waals surface area contributed by atoms with Crippen molar-refractivity contribution in [1.29, 1.82) is 0 Å². The van der Waals surface area contributed by atoms with Gasteiger partial charge in [0.2, 0.25) is 0 Å². The summed E-state index contributed by atoms with van der Waals surface area (Å²) in [6.45, 7) is 2.02. The molecule has 148 valence electrons. The van der Waals surface area contributed by atoms with Crippen LogP contribution in [-0.4, -0.2) is 16.6 Å². The topological polar surface area (TPSA) is 53.9 Å². The smallest absolute Gasteiger partial charge is 0.306 e. The number of hydrogen-bond donors (Lipinski definition) is 1. The minimum absolute atomic E-state index is 0.0985. The third-order valence-corrected chi connectivity index (χ3v) is 6.52. The highest BCUT2D eigenvalue weighted by Crippen LogP contribution is 2.54. The molecule has 0 aliphatic carbocycles. The van der Waals surface area contributed by atoms with E-state index in [4.69, 9.17) is 9.84 Å². The Morgan fingerprint density at radius 3 is 2.80 bits per heavy atom. The molecule has 0 bridgehead atoms. The molecule has 5 nitrogen and oxygen atoms in total. The van der Waals surface area contributed by atoms with Crippen molar-refractivity contribution in [1.82, 2.24) is 5.01 Å². The molecule has 0 saturated heterocycles. The number of halogens is 1. The van der Waals surface area contributed by atoms with E-state index < -0.39 is 5.72 Å². The predicted octanol–water partition coefficient (Wildman–Crippen LogP) is 5.11. The van der Waals surface area contributed by atoms with Gasteiger partial charge in [0.05, 0.1) is 23.0 Å². The first kappa shape index (κ1) is 17.7. The Labute approximate surface area is 182 Å². The summed E-state index contributed by atoms with van der Waals surface area (Å²) in [5, 5.41) is 9.85. The van der Waals surface area contributed by atoms with E-state index in [9.17, 15) is 4.79 Å². The molecule has 3 aromatic carbocycles. The Balaban J connectivity index is 1.60. The van der Waals surface area contributed by atoms with E-state index in [1.807, 2.05) is 60.5 Å². The van der Waals surface area contributed by atoms with Crippen LogP contribution in [0.15, 0.2) is 76.3 Å². The van der Waals surface area contributed by atoms with Crippen molar-refractivity contribution in [2.75, 3.05) is 5.32 Å². The van der Waals surface area contributed by atoms with E-state index in [1.165, 1.54) is 0 Å². The van der Waals surface area contributed by atoms with Crippen molar-refractivity contribution in [2.24, 2.45) is 5.10 Å². The Morgan fingerprint density at radius 1 is 1.13 bits per heavy atom. The van der Waals surface area contributed by atoms with E-state index in [0.29, 0.717) is 12.2 Å². The Kier molecular flexibility index (Phi) is 3.65. The molecule has 2 atom stereocenters. The summed E-state index contributed by atoms with van der Waals surface area (Å²) in [5.74, 6) is 0.508. The molecule has 0 unspecified atom stereocenters. The molecule has 0 aromatic heterocycles. The second kappa shape index (κ2) is 6.19. The molecule has 0 saturated carbocycles. The average Bonchev–Trinajstić information content (AvgIpc) is 3.31. The van der Waals surface area contributed by atoms with Gasteiger partial charge in [0.1, 0.15) is 5.75 Å². The zero-order valence-electron chi connectivity index (χ0n) is 16.2. The lowest BCUT2D eigenvalue weighted by molar-refractivity contribution is -0.161. The quantitative estimate of drug-likeness (QED) is 0.550. The highest BCUT2D eigenvalue weighted by atomic mass is 79.9. The first-order valence-corrected chi connectivity index (χ1v) is 10.7. The number of amides is 1. The Bertz CT molecular complexity index is 1240. The van der Waals surface area contributed by atoms with E-state index in [2.05, 4.69) is 39.4 Å². The van der Waals surface area contributed by atoms with Crippen molar-refractivity contribution in [3.8, 4) is 5.75 Å². The maximum absolute atomic E-state index is 13.4. The predicted molar refractivity (Wildman–Crippen MR) is 118 cm³/mol. The van der Waals surface area contributed by atoms with Crippen LogP contribution in [0.4, 0.5) is 5.69 Å². The number of ether oxygens (including phenoxy) is 1. The molecule has 30 heavy (non-hydrogen) atoms. The van der Waals surface area contributed by atoms with Gasteiger partial charge in [0.25, 0.3) is 5.91 Å². The number of aryl methyl sites for hydroxylation is 1. The standard InChI is InChI=1S/C24H18BrN3O2/c1-14-7-9-19-18(11-14)24(23(29)26-19)28-21(17-12-16(25)8-10-22(17)30-24)13-20(27-28)15-5-3-2-4-6-15/h2-12,21H,13H2,1H3,(H,26,29)/t21-,24-/m1/s1. The molecule has 1 N–H and O–H groups in total. The molecule has 3 heterocycles. The molecule has 3 aromatic rings. The van der Waals surface area contributed by atoms with Crippen LogP contribution >= 0.6 is 15.9 Å². The molecule has 3 aliphatic heterocycles. The van der Waals surface area contributed by atoms with Gasteiger partial charge in [-0.3, -0.25) is 4.79 Å². The highest BCUT2D eigenvalue weighted by molar-refractivity contribution is 9.10. The summed E-state index contributed by atoms with van der Waals surface area (Å²) in [7, 11) is 0. The Hall–Kier alpha value is -3.12. The number of nitrogens with zero attached hydrogens (tertiary/aromatic N) is 2. The number of hydrogen-bond acceptors (Lipinski definition) is 4. The summed E-state index contributed by atoms with van der Waals surface area (Å²) < 4.78 is 7.49. The monoisotopic (exact) mass is 459 g/mol. The van der Waals surface area contributed by atoms with Gasteiger partial charge >= 0.3 is 5.72 Å². The lowest BCUT2D eigenvalue weighted by Gasteiger charge is -2.44. The van der Waals surface area contributed by atoms with Gasteiger partial charge in [-0.2, -0.15) is 5.10 Å². The van der Waals surface area contributed by atoms with E-state index >= 15 is 0 Å². The van der Waals surface area contributed by atoms with Crippen molar-refractivity contribution in [3.05, 3.63) is 93.5 Å². The summed E-state index contributed by atoms with van der Waals surface area (Å²) >= 11 is 3.58. The van der Waals surface area contributed by atoms with Crippen molar-refractivity contribution < 1.29 is 9.53 Å². The fourth-order valence-electron chi connectivity index (χ4n) is 4.63. The number of carbonyl (C=O) groups is 1. The molecular formula is C24H18BrN3O2. The minimum atomic E-state index is -1.32. The van der Waals surface area contributed by atoms with Gasteiger partial charge in [-0.15, -0.1) is 0 Å². The van der Waals surface area contributed by atoms with Crippen LogP contribution in [0.2, 0.25) is 0 Å². The maximum atomic E-state index is 13.4. The van der Waals surface area contributed by atoms with Gasteiger partial charge in [-0.25, -0.2) is 5.01 Å². The van der Waals surface area contributed by atoms with Crippen molar-refractivity contribution in [3.63, 3.8) is 0 Å². The van der Waals surface area contributed by atoms with Crippen LogP contribution < -0.4 is 10.1 Å². The number of benzene rings is 3. The van der Waals surface area contributed by atoms with Crippen LogP contribution in [0, 0.1) is 6.92 Å². The lowest BCUT2D eigenvalue weighted by atomic mass is 9.92. The molecular weight excluding hydrogens is 442 g/mol. The zero-order valence-corrected chi connectivity index (χ0v) is 17.8. The number of fused-ring (bicyclic) bond motifs is 6. The summed E-state index contributed by atoms with van der Waals surface area (Å²) in [5.41, 5.74) is 4.37. The minimum Gasteiger partial charge on any atom is -0.453 e. The Morgan fingerprint density at radius 2 is 1.97 bits per heavy atom. The summed E-state index contributed by atoms with van der Waals surface area (Å²) in [6, 6.07) is 21.9. The lowest BCUT2D eigenvalue weighted by Crippen LogP contribution is -2.55. The van der Waals surface area contributed by atoms with Gasteiger partial charge in [-0.05, 0) is 42.8 Å². The average molecular weight is 460 g/mol. The maximum Gasteiger partial charge on any atom is 0.306 e. The summed E-state index contributed by atoms with van der Waals surface area (Å²) in [6.07, 6.45) is 0.701. The molecule has 1 spiro atoms. The van der Waals surface area contributed by atoms with Crippen LogP contribution in [0.5, 0.6) is 5.75 Å². The van der Waals surface area contributed by atoms with Crippen molar-refractivity contribution >= 4 is 33.2 Å². The molecule has 6 rings (SSSR count). The fourth-order valence-corrected chi connectivity index (χ4v) is 5.01.